The summed E-state index contributed by atoms with van der Waals surface area (Å²) in [5.41, 5.74) is 0. The van der Waals surface area contributed by atoms with Crippen molar-refractivity contribution in [1.29, 1.82) is 0 Å². The van der Waals surface area contributed by atoms with Crippen LogP contribution in [0.5, 0.6) is 0 Å². The van der Waals surface area contributed by atoms with E-state index in [0.717, 1.165) is 11.8 Å². The standard InChI is InChI=1S/C9H16/c1-2-9-7-3-4-8(9)6-5-7/h7-9H,2-6H2,1H3/i2D2. The van der Waals surface area contributed by atoms with E-state index in [-0.39, 0.29) is 0 Å². The molecule has 0 heteroatoms. The topological polar surface area (TPSA) is 0 Å². The molecule has 0 heterocycles. The van der Waals surface area contributed by atoms with Gasteiger partial charge in [0, 0.05) is 2.74 Å². The van der Waals surface area contributed by atoms with Crippen LogP contribution in [0.2, 0.25) is 0 Å². The minimum atomic E-state index is -0.914. The smallest absolute Gasteiger partial charge is 0.0267 e. The maximum absolute atomic E-state index is 7.70. The fourth-order valence-corrected chi connectivity index (χ4v) is 2.72. The minimum absolute atomic E-state index is 0.391. The number of hydrogen-bond donors (Lipinski definition) is 0. The second kappa shape index (κ2) is 2.00. The first-order chi connectivity index (χ1) is 5.09. The largest absolute Gasteiger partial charge is 0.0651 e. The molecule has 0 N–H and O–H groups in total. The molecule has 0 radical (unpaired) electrons. The predicted octanol–water partition coefficient (Wildman–Crippen LogP) is 2.83. The number of fused-ring (bicyclic) bond motifs is 2. The van der Waals surface area contributed by atoms with E-state index in [1.165, 1.54) is 25.7 Å². The molecule has 0 unspecified atom stereocenters. The Morgan fingerprint density at radius 3 is 1.89 bits per heavy atom. The van der Waals surface area contributed by atoms with E-state index in [9.17, 15) is 0 Å². The summed E-state index contributed by atoms with van der Waals surface area (Å²) in [5, 5.41) is 0. The van der Waals surface area contributed by atoms with Crippen LogP contribution >= 0.6 is 0 Å². The van der Waals surface area contributed by atoms with Crippen molar-refractivity contribution in [3.05, 3.63) is 0 Å². The zero-order chi connectivity index (χ0) is 8.06. The van der Waals surface area contributed by atoms with Gasteiger partial charge in [-0.1, -0.05) is 13.3 Å². The van der Waals surface area contributed by atoms with Crippen LogP contribution in [0.15, 0.2) is 0 Å². The van der Waals surface area contributed by atoms with Crippen LogP contribution in [-0.2, 0) is 0 Å². The molecule has 0 aromatic rings. The van der Waals surface area contributed by atoms with Crippen molar-refractivity contribution in [1.82, 2.24) is 0 Å². The van der Waals surface area contributed by atoms with Crippen LogP contribution in [0.25, 0.3) is 0 Å². The van der Waals surface area contributed by atoms with Crippen molar-refractivity contribution in [2.24, 2.45) is 17.8 Å². The highest BCUT2D eigenvalue weighted by Crippen LogP contribution is 2.50. The van der Waals surface area contributed by atoms with Crippen molar-refractivity contribution in [2.45, 2.75) is 39.0 Å². The molecule has 2 fully saturated rings. The van der Waals surface area contributed by atoms with E-state index in [4.69, 9.17) is 2.74 Å². The van der Waals surface area contributed by atoms with Gasteiger partial charge in [0.05, 0.1) is 0 Å². The van der Waals surface area contributed by atoms with Crippen LogP contribution in [0.3, 0.4) is 0 Å². The zero-order valence-corrected chi connectivity index (χ0v) is 6.06. The molecule has 0 spiro atoms. The molecule has 2 aliphatic carbocycles. The predicted molar refractivity (Wildman–Crippen MR) is 39.2 cm³/mol. The summed E-state index contributed by atoms with van der Waals surface area (Å²) in [4.78, 5) is 0. The molecular weight excluding hydrogens is 108 g/mol. The molecule has 2 saturated carbocycles. The fraction of sp³-hybridized carbons (Fsp3) is 1.00. The summed E-state index contributed by atoms with van der Waals surface area (Å²) >= 11 is 0. The van der Waals surface area contributed by atoms with Gasteiger partial charge in [0.25, 0.3) is 0 Å². The average Bonchev–Trinajstić information content (AvgIpc) is 2.40. The van der Waals surface area contributed by atoms with Gasteiger partial charge in [0.2, 0.25) is 0 Å². The summed E-state index contributed by atoms with van der Waals surface area (Å²) in [6.07, 6.45) is 4.26. The molecular formula is C9H16. The molecule has 2 aliphatic rings. The van der Waals surface area contributed by atoms with Crippen molar-refractivity contribution in [3.63, 3.8) is 0 Å². The second-order valence-corrected chi connectivity index (χ2v) is 3.49. The number of rotatable bonds is 1. The van der Waals surface area contributed by atoms with E-state index in [0.29, 0.717) is 5.92 Å². The SMILES string of the molecule is [2H]C([2H])(C)C1C2CCC1CC2. The molecule has 0 aromatic carbocycles. The molecule has 0 saturated heterocycles. The van der Waals surface area contributed by atoms with E-state index in [1.807, 2.05) is 0 Å². The normalized spacial score (nSPS) is 53.2. The van der Waals surface area contributed by atoms with Crippen LogP contribution in [0.4, 0.5) is 0 Å². The van der Waals surface area contributed by atoms with Crippen molar-refractivity contribution < 1.29 is 2.74 Å². The minimum Gasteiger partial charge on any atom is -0.0651 e. The van der Waals surface area contributed by atoms with Crippen LogP contribution < -0.4 is 0 Å². The third-order valence-electron chi connectivity index (χ3n) is 3.17. The van der Waals surface area contributed by atoms with Gasteiger partial charge in [-0.25, -0.2) is 0 Å². The third-order valence-corrected chi connectivity index (χ3v) is 3.17. The highest BCUT2D eigenvalue weighted by Gasteiger charge is 2.39. The van der Waals surface area contributed by atoms with Gasteiger partial charge in [0.1, 0.15) is 0 Å². The molecule has 0 aliphatic heterocycles. The van der Waals surface area contributed by atoms with Gasteiger partial charge in [-0.2, -0.15) is 0 Å². The van der Waals surface area contributed by atoms with Crippen LogP contribution in [0.1, 0.15) is 41.7 Å². The Balaban J connectivity index is 2.16. The molecule has 0 nitrogen and oxygen atoms in total. The fourth-order valence-electron chi connectivity index (χ4n) is 2.72. The zero-order valence-electron chi connectivity index (χ0n) is 8.06. The first kappa shape index (κ1) is 4.00. The van der Waals surface area contributed by atoms with Gasteiger partial charge in [-0.3, -0.25) is 0 Å². The van der Waals surface area contributed by atoms with Crippen LogP contribution in [-0.4, -0.2) is 0 Å². The lowest BCUT2D eigenvalue weighted by atomic mass is 9.95. The van der Waals surface area contributed by atoms with Crippen molar-refractivity contribution in [2.75, 3.05) is 0 Å². The Morgan fingerprint density at radius 1 is 1.22 bits per heavy atom. The second-order valence-electron chi connectivity index (χ2n) is 3.49. The molecule has 0 atom stereocenters. The summed E-state index contributed by atoms with van der Waals surface area (Å²) < 4.78 is 15.4. The first-order valence-corrected chi connectivity index (χ1v) is 4.09. The Kier molecular flexibility index (Phi) is 0.889. The highest BCUT2D eigenvalue weighted by atomic mass is 14.4. The lowest BCUT2D eigenvalue weighted by Crippen LogP contribution is -2.02. The lowest BCUT2D eigenvalue weighted by molar-refractivity contribution is 0.393. The molecule has 2 rings (SSSR count). The van der Waals surface area contributed by atoms with Crippen molar-refractivity contribution in [3.8, 4) is 0 Å². The molecule has 9 heavy (non-hydrogen) atoms. The Morgan fingerprint density at radius 2 is 1.67 bits per heavy atom. The van der Waals surface area contributed by atoms with Crippen LogP contribution in [0, 0.1) is 17.8 Å². The summed E-state index contributed by atoms with van der Waals surface area (Å²) in [7, 11) is 0. The molecule has 52 valence electrons. The third kappa shape index (κ3) is 0.720. The Labute approximate surface area is 60.5 Å². The molecule has 0 aromatic heterocycles. The average molecular weight is 126 g/mol. The quantitative estimate of drug-likeness (QED) is 0.507. The van der Waals surface area contributed by atoms with Gasteiger partial charge in [-0.15, -0.1) is 0 Å². The number of hydrogen-bond acceptors (Lipinski definition) is 0. The Hall–Kier alpha value is 0. The maximum atomic E-state index is 7.70. The summed E-state index contributed by atoms with van der Waals surface area (Å²) in [6, 6.07) is 0. The highest BCUT2D eigenvalue weighted by molar-refractivity contribution is 4.90. The molecule has 2 bridgehead atoms. The van der Waals surface area contributed by atoms with E-state index in [2.05, 4.69) is 0 Å². The van der Waals surface area contributed by atoms with Crippen molar-refractivity contribution >= 4 is 0 Å². The lowest BCUT2D eigenvalue weighted by Gasteiger charge is -2.10. The molecule has 0 amide bonds. The Bertz CT molecular complexity index is 139. The monoisotopic (exact) mass is 126 g/mol. The summed E-state index contributed by atoms with van der Waals surface area (Å²) in [5.74, 6) is 1.84. The maximum Gasteiger partial charge on any atom is 0.0267 e. The van der Waals surface area contributed by atoms with Gasteiger partial charge in [-0.05, 0) is 43.4 Å². The van der Waals surface area contributed by atoms with Gasteiger partial charge >= 0.3 is 0 Å². The summed E-state index contributed by atoms with van der Waals surface area (Å²) in [6.45, 7) is 1.76. The van der Waals surface area contributed by atoms with E-state index >= 15 is 0 Å². The first-order valence-electron chi connectivity index (χ1n) is 5.09. The van der Waals surface area contributed by atoms with E-state index in [1.54, 1.807) is 6.92 Å². The van der Waals surface area contributed by atoms with Gasteiger partial charge in [0.15, 0.2) is 0 Å². The van der Waals surface area contributed by atoms with Gasteiger partial charge < -0.3 is 0 Å². The van der Waals surface area contributed by atoms with E-state index < -0.39 is 6.37 Å².